The molecule has 0 aliphatic heterocycles. The van der Waals surface area contributed by atoms with Crippen molar-refractivity contribution in [3.8, 4) is 0 Å². The topological polar surface area (TPSA) is 96.9 Å². The molecule has 2 radical (unpaired) electrons. The number of nitrogens with one attached hydrogen (secondary N) is 2. The molecule has 1 atom stereocenters. The molecule has 0 aromatic carbocycles. The van der Waals surface area contributed by atoms with Crippen molar-refractivity contribution in [2.45, 2.75) is 19.1 Å². The van der Waals surface area contributed by atoms with Crippen molar-refractivity contribution in [1.29, 1.82) is 0 Å². The average Bonchev–Trinajstić information content (AvgIpc) is 3.19. The molecule has 3 aromatic rings. The molecule has 0 fully saturated rings. The molecule has 7 nitrogen and oxygen atoms in total. The maximum atomic E-state index is 13.0. The Morgan fingerprint density at radius 1 is 1.19 bits per heavy atom. The molecule has 0 bridgehead atoms. The average molecular weight is 466 g/mol. The lowest BCUT2D eigenvalue weighted by Crippen LogP contribution is -2.28. The highest BCUT2D eigenvalue weighted by Gasteiger charge is 2.34. The normalized spacial score (nSPS) is 12.3. The fourth-order valence-corrected chi connectivity index (χ4v) is 3.43. The van der Waals surface area contributed by atoms with E-state index in [0.717, 1.165) is 17.5 Å². The molecule has 0 saturated heterocycles. The summed E-state index contributed by atoms with van der Waals surface area (Å²) in [6.07, 6.45) is -2.64. The number of thiazole rings is 1. The predicted octanol–water partition coefficient (Wildman–Crippen LogP) is 3.14. The van der Waals surface area contributed by atoms with Crippen LogP contribution in [0.25, 0.3) is 0 Å². The summed E-state index contributed by atoms with van der Waals surface area (Å²) in [6, 6.07) is 4.70. The van der Waals surface area contributed by atoms with Crippen LogP contribution in [0, 0.1) is 0 Å². The van der Waals surface area contributed by atoms with Gasteiger partial charge in [0.2, 0.25) is 0 Å². The minimum Gasteiger partial charge on any atom is -0.342 e. The zero-order chi connectivity index (χ0) is 22.8. The van der Waals surface area contributed by atoms with Gasteiger partial charge in [-0.3, -0.25) is 14.6 Å². The van der Waals surface area contributed by atoms with Gasteiger partial charge in [-0.2, -0.15) is 13.2 Å². The van der Waals surface area contributed by atoms with Crippen LogP contribution >= 0.6 is 22.9 Å². The Bertz CT molecular complexity index is 1140. The highest BCUT2D eigenvalue weighted by atomic mass is 35.5. The first-order valence-corrected chi connectivity index (χ1v) is 9.77. The fraction of sp³-hybridized carbons (Fsp3) is 0.167. The Hall–Kier alpha value is -2.99. The van der Waals surface area contributed by atoms with Gasteiger partial charge in [-0.1, -0.05) is 23.7 Å². The van der Waals surface area contributed by atoms with E-state index in [0.29, 0.717) is 11.1 Å². The molecule has 0 aliphatic carbocycles. The second-order valence-corrected chi connectivity index (χ2v) is 7.68. The lowest BCUT2D eigenvalue weighted by atomic mass is 10.0. The van der Waals surface area contributed by atoms with E-state index in [2.05, 4.69) is 25.6 Å². The van der Waals surface area contributed by atoms with E-state index in [4.69, 9.17) is 19.4 Å². The van der Waals surface area contributed by atoms with Crippen molar-refractivity contribution < 1.29 is 22.8 Å². The van der Waals surface area contributed by atoms with Gasteiger partial charge in [0.25, 0.3) is 11.8 Å². The van der Waals surface area contributed by atoms with Gasteiger partial charge in [0.1, 0.15) is 29.2 Å². The maximum Gasteiger partial charge on any atom is 0.418 e. The molecule has 0 aliphatic rings. The van der Waals surface area contributed by atoms with Gasteiger partial charge < -0.3 is 10.6 Å². The predicted molar refractivity (Wildman–Crippen MR) is 110 cm³/mol. The number of aromatic nitrogens is 3. The Kier molecular flexibility index (Phi) is 6.61. The highest BCUT2D eigenvalue weighted by Crippen LogP contribution is 2.35. The number of anilines is 1. The highest BCUT2D eigenvalue weighted by molar-refractivity contribution is 7.13. The van der Waals surface area contributed by atoms with Gasteiger partial charge in [-0.25, -0.2) is 9.97 Å². The largest absolute Gasteiger partial charge is 0.418 e. The molecule has 158 valence electrons. The van der Waals surface area contributed by atoms with Gasteiger partial charge in [0.15, 0.2) is 0 Å². The lowest BCUT2D eigenvalue weighted by molar-refractivity contribution is -0.137. The monoisotopic (exact) mass is 465 g/mol. The number of halogens is 4. The number of nitrogens with zero attached hydrogens (tertiary/aromatic N) is 3. The Morgan fingerprint density at radius 2 is 1.94 bits per heavy atom. The number of carbonyl (C=O) groups is 2. The fourth-order valence-electron chi connectivity index (χ4n) is 2.41. The summed E-state index contributed by atoms with van der Waals surface area (Å²) in [6.45, 7) is 1.65. The third kappa shape index (κ3) is 5.59. The van der Waals surface area contributed by atoms with E-state index in [-0.39, 0.29) is 22.0 Å². The van der Waals surface area contributed by atoms with E-state index in [1.165, 1.54) is 12.3 Å². The molecule has 1 unspecified atom stereocenters. The number of alkyl halides is 3. The summed E-state index contributed by atoms with van der Waals surface area (Å²) in [7, 11) is 5.56. The second kappa shape index (κ2) is 9.02. The molecule has 0 spiro atoms. The first kappa shape index (κ1) is 22.7. The minimum absolute atomic E-state index is 0.114. The van der Waals surface area contributed by atoms with Gasteiger partial charge >= 0.3 is 6.18 Å². The molecule has 13 heteroatoms. The van der Waals surface area contributed by atoms with E-state index in [1.54, 1.807) is 19.1 Å². The van der Waals surface area contributed by atoms with Crippen LogP contribution in [0.15, 0.2) is 36.7 Å². The number of amides is 2. The van der Waals surface area contributed by atoms with Crippen molar-refractivity contribution in [3.63, 3.8) is 0 Å². The van der Waals surface area contributed by atoms with Gasteiger partial charge in [-0.15, -0.1) is 11.3 Å². The van der Waals surface area contributed by atoms with Gasteiger partial charge in [0, 0.05) is 6.20 Å². The molecule has 3 aromatic heterocycles. The molecule has 0 saturated carbocycles. The van der Waals surface area contributed by atoms with Crippen molar-refractivity contribution in [2.75, 3.05) is 5.32 Å². The number of hydrogen-bond acceptors (Lipinski definition) is 6. The van der Waals surface area contributed by atoms with E-state index >= 15 is 0 Å². The number of rotatable bonds is 5. The minimum atomic E-state index is -4.69. The molecule has 3 rings (SSSR count). The lowest BCUT2D eigenvalue weighted by Gasteiger charge is -2.11. The van der Waals surface area contributed by atoms with E-state index in [1.807, 2.05) is 0 Å². The molecule has 2 N–H and O–H groups in total. The number of hydrogen-bond donors (Lipinski definition) is 2. The summed E-state index contributed by atoms with van der Waals surface area (Å²) >= 11 is 6.48. The quantitative estimate of drug-likeness (QED) is 0.564. The van der Waals surface area contributed by atoms with Gasteiger partial charge in [0.05, 0.1) is 22.8 Å². The summed E-state index contributed by atoms with van der Waals surface area (Å²) in [5.41, 5.74) is -0.801. The summed E-state index contributed by atoms with van der Waals surface area (Å²) in [5.74, 6) is -1.50. The Morgan fingerprint density at radius 3 is 2.61 bits per heavy atom. The van der Waals surface area contributed by atoms with Crippen LogP contribution in [0.2, 0.25) is 5.02 Å². The van der Waals surface area contributed by atoms with Crippen molar-refractivity contribution in [3.05, 3.63) is 62.8 Å². The molecular weight excluding hydrogens is 454 g/mol. The van der Waals surface area contributed by atoms with Crippen LogP contribution < -0.4 is 16.2 Å². The number of carbonyl (C=O) groups excluding carboxylic acids is 2. The van der Waals surface area contributed by atoms with Crippen LogP contribution in [-0.4, -0.2) is 34.6 Å². The van der Waals surface area contributed by atoms with Crippen molar-refractivity contribution >= 4 is 54.0 Å². The van der Waals surface area contributed by atoms with Crippen LogP contribution in [-0.2, 0) is 6.18 Å². The SMILES string of the molecule is [B]c1cccc(C(=O)NC(C)c2ncc(C(=O)Nc3cc(C(F)(F)F)c(Cl)cn3)s2)n1. The molecule has 3 heterocycles. The van der Waals surface area contributed by atoms with E-state index < -0.39 is 34.6 Å². The zero-order valence-electron chi connectivity index (χ0n) is 15.7. The van der Waals surface area contributed by atoms with Crippen LogP contribution in [0.3, 0.4) is 0 Å². The first-order chi connectivity index (χ1) is 14.5. The molecule has 2 amide bonds. The smallest absolute Gasteiger partial charge is 0.342 e. The molecular formula is C18H12BClF3N5O2S. The number of pyridine rings is 2. The Balaban J connectivity index is 1.69. The van der Waals surface area contributed by atoms with Crippen molar-refractivity contribution in [2.24, 2.45) is 0 Å². The maximum absolute atomic E-state index is 13.0. The Labute approximate surface area is 184 Å². The van der Waals surface area contributed by atoms with Crippen LogP contribution in [0.1, 0.15) is 43.7 Å². The van der Waals surface area contributed by atoms with Crippen LogP contribution in [0.5, 0.6) is 0 Å². The first-order valence-electron chi connectivity index (χ1n) is 8.58. The van der Waals surface area contributed by atoms with Crippen LogP contribution in [0.4, 0.5) is 19.0 Å². The third-order valence-electron chi connectivity index (χ3n) is 3.87. The van der Waals surface area contributed by atoms with Gasteiger partial charge in [-0.05, 0) is 24.6 Å². The summed E-state index contributed by atoms with van der Waals surface area (Å²) < 4.78 is 38.9. The summed E-state index contributed by atoms with van der Waals surface area (Å²) in [5, 5.41) is 4.78. The third-order valence-corrected chi connectivity index (χ3v) is 5.35. The van der Waals surface area contributed by atoms with E-state index in [9.17, 15) is 22.8 Å². The standard InChI is InChI=1S/C18H12BClF3N5O2S/c1-8(26-15(29)11-3-2-4-13(19)27-11)17-25-7-12(31-17)16(30)28-14-5-9(18(21,22)23)10(20)6-24-14/h2-8H,1H3,(H,26,29)(H,24,28,30). The molecule has 31 heavy (non-hydrogen) atoms. The second-order valence-electron chi connectivity index (χ2n) is 6.21. The summed E-state index contributed by atoms with van der Waals surface area (Å²) in [4.78, 5) is 36.4. The zero-order valence-corrected chi connectivity index (χ0v) is 17.3. The van der Waals surface area contributed by atoms with Crippen molar-refractivity contribution in [1.82, 2.24) is 20.3 Å².